The van der Waals surface area contributed by atoms with Gasteiger partial charge in [-0.3, -0.25) is 4.79 Å². The standard InChI is InChI=1S/C32H39ClN2O5S/c1-39-30-21-4-2-6-25(15-21)41(37,38)34-31(36)22-8-12-29-28(16-22)35(17-23-7-10-26(23)30)18-32(19-40-29)13-3-5-20-14-24(33)9-11-27(20)32/h8-9,11-12,14,16,21,23,25-26,30H,2-7,10,13,15,17-19H2,1H3,(H,34,36)/t21-,23-,25-,26+,30-,32-/m0/s1. The van der Waals surface area contributed by atoms with Crippen LogP contribution in [-0.4, -0.2) is 52.5 Å². The summed E-state index contributed by atoms with van der Waals surface area (Å²) in [5, 5.41) is 0.181. The Morgan fingerprint density at radius 2 is 1.95 bits per heavy atom. The second kappa shape index (κ2) is 10.5. The van der Waals surface area contributed by atoms with Gasteiger partial charge in [0.2, 0.25) is 10.0 Å². The predicted octanol–water partition coefficient (Wildman–Crippen LogP) is 5.49. The number of methoxy groups -OCH3 is 1. The third-order valence-electron chi connectivity index (χ3n) is 10.7. The molecule has 0 unspecified atom stereocenters. The van der Waals surface area contributed by atoms with Crippen molar-refractivity contribution in [2.45, 2.75) is 74.6 Å². The van der Waals surface area contributed by atoms with Gasteiger partial charge in [0.05, 0.1) is 23.6 Å². The van der Waals surface area contributed by atoms with Gasteiger partial charge in [-0.2, -0.15) is 0 Å². The maximum atomic E-state index is 13.4. The van der Waals surface area contributed by atoms with E-state index in [1.165, 1.54) is 11.1 Å². The molecule has 2 heterocycles. The fourth-order valence-corrected chi connectivity index (χ4v) is 10.3. The molecule has 0 saturated heterocycles. The Morgan fingerprint density at radius 3 is 2.76 bits per heavy atom. The number of ether oxygens (including phenoxy) is 2. The second-order valence-electron chi connectivity index (χ2n) is 13.0. The molecular weight excluding hydrogens is 560 g/mol. The van der Waals surface area contributed by atoms with Gasteiger partial charge >= 0.3 is 0 Å². The third kappa shape index (κ3) is 4.84. The van der Waals surface area contributed by atoms with Crippen LogP contribution in [0.25, 0.3) is 0 Å². The van der Waals surface area contributed by atoms with Gasteiger partial charge in [-0.1, -0.05) is 24.1 Å². The monoisotopic (exact) mass is 598 g/mol. The molecule has 6 atom stereocenters. The zero-order chi connectivity index (χ0) is 28.4. The number of halogens is 1. The average Bonchev–Trinajstić information content (AvgIpc) is 3.10. The highest BCUT2D eigenvalue weighted by atomic mass is 35.5. The van der Waals surface area contributed by atoms with E-state index >= 15 is 0 Å². The van der Waals surface area contributed by atoms with E-state index in [1.54, 1.807) is 13.2 Å². The van der Waals surface area contributed by atoms with Crippen molar-refractivity contribution in [3.63, 3.8) is 0 Å². The van der Waals surface area contributed by atoms with Crippen molar-refractivity contribution < 1.29 is 22.7 Å². The first kappa shape index (κ1) is 27.5. The molecule has 2 aromatic carbocycles. The Labute approximate surface area is 248 Å². The van der Waals surface area contributed by atoms with Crippen LogP contribution >= 0.6 is 11.6 Å². The van der Waals surface area contributed by atoms with Gasteiger partial charge in [0.25, 0.3) is 5.91 Å². The summed E-state index contributed by atoms with van der Waals surface area (Å²) in [7, 11) is -2.04. The summed E-state index contributed by atoms with van der Waals surface area (Å²) in [5.41, 5.74) is 3.60. The molecule has 0 radical (unpaired) electrons. The summed E-state index contributed by atoms with van der Waals surface area (Å²) < 4.78 is 42.0. The lowest BCUT2D eigenvalue weighted by Gasteiger charge is -2.48. The van der Waals surface area contributed by atoms with Crippen LogP contribution in [0.2, 0.25) is 5.02 Å². The number of benzene rings is 2. The number of fused-ring (bicyclic) bond motifs is 6. The Bertz CT molecular complexity index is 1460. The smallest absolute Gasteiger partial charge is 0.264 e. The Hall–Kier alpha value is -2.29. The van der Waals surface area contributed by atoms with Gasteiger partial charge in [-0.15, -0.1) is 0 Å². The number of rotatable bonds is 1. The van der Waals surface area contributed by atoms with E-state index in [1.807, 2.05) is 18.2 Å². The molecule has 1 spiro atoms. The topological polar surface area (TPSA) is 84.9 Å². The third-order valence-corrected chi connectivity index (χ3v) is 12.7. The lowest BCUT2D eigenvalue weighted by Crippen LogP contribution is -2.51. The van der Waals surface area contributed by atoms with Crippen molar-refractivity contribution in [2.75, 3.05) is 31.7 Å². The van der Waals surface area contributed by atoms with Gasteiger partial charge < -0.3 is 14.4 Å². The first-order valence-electron chi connectivity index (χ1n) is 15.2. The number of hydrogen-bond donors (Lipinski definition) is 1. The van der Waals surface area contributed by atoms with Crippen molar-refractivity contribution in [1.82, 2.24) is 4.72 Å². The first-order chi connectivity index (χ1) is 19.8. The van der Waals surface area contributed by atoms with Crippen LogP contribution in [0.15, 0.2) is 36.4 Å². The van der Waals surface area contributed by atoms with Crippen LogP contribution in [0, 0.1) is 17.8 Å². The van der Waals surface area contributed by atoms with Crippen molar-refractivity contribution in [3.8, 4) is 5.75 Å². The number of carbonyl (C=O) groups is 1. The zero-order valence-electron chi connectivity index (χ0n) is 23.6. The lowest BCUT2D eigenvalue weighted by molar-refractivity contribution is -0.0589. The largest absolute Gasteiger partial charge is 0.490 e. The van der Waals surface area contributed by atoms with Crippen molar-refractivity contribution in [1.29, 1.82) is 0 Å². The maximum Gasteiger partial charge on any atom is 0.264 e. The van der Waals surface area contributed by atoms with E-state index < -0.39 is 21.2 Å². The normalized spacial score (nSPS) is 34.1. The molecule has 7 rings (SSSR count). The van der Waals surface area contributed by atoms with E-state index in [2.05, 4.69) is 21.8 Å². The molecule has 2 saturated carbocycles. The summed E-state index contributed by atoms with van der Waals surface area (Å²) in [6.45, 7) is 2.17. The van der Waals surface area contributed by atoms with Crippen molar-refractivity contribution >= 4 is 33.2 Å². The molecule has 2 fully saturated rings. The van der Waals surface area contributed by atoms with Crippen LogP contribution in [0.3, 0.4) is 0 Å². The fraction of sp³-hybridized carbons (Fsp3) is 0.594. The van der Waals surface area contributed by atoms with Gasteiger partial charge in [0, 0.05) is 36.2 Å². The van der Waals surface area contributed by atoms with Crippen LogP contribution in [0.4, 0.5) is 5.69 Å². The van der Waals surface area contributed by atoms with Gasteiger partial charge in [0.1, 0.15) is 5.75 Å². The summed E-state index contributed by atoms with van der Waals surface area (Å²) in [5.74, 6) is 1.14. The summed E-state index contributed by atoms with van der Waals surface area (Å²) >= 11 is 6.41. The molecule has 4 bridgehead atoms. The van der Waals surface area contributed by atoms with Crippen molar-refractivity contribution in [2.24, 2.45) is 17.8 Å². The van der Waals surface area contributed by atoms with Gasteiger partial charge in [-0.05, 0) is 111 Å². The molecule has 41 heavy (non-hydrogen) atoms. The summed E-state index contributed by atoms with van der Waals surface area (Å²) in [4.78, 5) is 15.8. The van der Waals surface area contributed by atoms with Crippen LogP contribution in [0.5, 0.6) is 5.75 Å². The highest BCUT2D eigenvalue weighted by Gasteiger charge is 2.47. The SMILES string of the molecule is CO[C@H]1[C@H]2CCC[C@@H](C2)S(=O)(=O)NC(=O)c2ccc3c(c2)N(C[C@@H]2CC[C@H]21)C[C@@]1(CCCc2cc(Cl)ccc21)CO3. The quantitative estimate of drug-likeness (QED) is 0.468. The Balaban J connectivity index is 1.32. The minimum atomic E-state index is -3.82. The molecule has 5 aliphatic rings. The predicted molar refractivity (Wildman–Crippen MR) is 159 cm³/mol. The molecule has 0 aromatic heterocycles. The van der Waals surface area contributed by atoms with E-state index in [0.717, 1.165) is 74.5 Å². The number of sulfonamides is 1. The molecule has 9 heteroatoms. The molecule has 3 aliphatic carbocycles. The average molecular weight is 599 g/mol. The van der Waals surface area contributed by atoms with E-state index in [0.29, 0.717) is 36.8 Å². The van der Waals surface area contributed by atoms with Crippen LogP contribution in [0.1, 0.15) is 72.9 Å². The highest BCUT2D eigenvalue weighted by Crippen LogP contribution is 2.48. The number of nitrogens with one attached hydrogen (secondary N) is 1. The van der Waals surface area contributed by atoms with Crippen molar-refractivity contribution in [3.05, 3.63) is 58.1 Å². The number of carbonyl (C=O) groups excluding carboxylic acids is 1. The number of hydrogen-bond acceptors (Lipinski definition) is 6. The molecule has 2 aromatic rings. The number of amides is 1. The molecule has 1 N–H and O–H groups in total. The van der Waals surface area contributed by atoms with Gasteiger partial charge in [0.15, 0.2) is 0 Å². The Kier molecular flexibility index (Phi) is 7.02. The van der Waals surface area contributed by atoms with Crippen LogP contribution in [-0.2, 0) is 26.6 Å². The molecular formula is C32H39ClN2O5S. The van der Waals surface area contributed by atoms with E-state index in [9.17, 15) is 13.2 Å². The summed E-state index contributed by atoms with van der Waals surface area (Å²) in [6.07, 6.45) is 8.21. The second-order valence-corrected chi connectivity index (χ2v) is 15.4. The number of anilines is 1. The fourth-order valence-electron chi connectivity index (χ4n) is 8.54. The number of aryl methyl sites for hydroxylation is 1. The molecule has 220 valence electrons. The Morgan fingerprint density at radius 1 is 1.07 bits per heavy atom. The molecule has 7 nitrogen and oxygen atoms in total. The lowest BCUT2D eigenvalue weighted by atomic mass is 9.65. The van der Waals surface area contributed by atoms with E-state index in [4.69, 9.17) is 21.1 Å². The molecule has 2 aliphatic heterocycles. The minimum absolute atomic E-state index is 0.0194. The summed E-state index contributed by atoms with van der Waals surface area (Å²) in [6, 6.07) is 11.6. The number of nitrogens with zero attached hydrogens (tertiary/aromatic N) is 1. The first-order valence-corrected chi connectivity index (χ1v) is 17.1. The minimum Gasteiger partial charge on any atom is -0.490 e. The van der Waals surface area contributed by atoms with E-state index in [-0.39, 0.29) is 17.4 Å². The zero-order valence-corrected chi connectivity index (χ0v) is 25.2. The maximum absolute atomic E-state index is 13.4. The van der Waals surface area contributed by atoms with Crippen LogP contribution < -0.4 is 14.4 Å². The van der Waals surface area contributed by atoms with Gasteiger partial charge in [-0.25, -0.2) is 13.1 Å². The highest BCUT2D eigenvalue weighted by molar-refractivity contribution is 7.90. The molecule has 1 amide bonds.